The minimum absolute atomic E-state index is 1.09. The molecule has 0 bridgehead atoms. The summed E-state index contributed by atoms with van der Waals surface area (Å²) < 4.78 is 0. The van der Waals surface area contributed by atoms with Crippen LogP contribution in [0, 0.1) is 18.8 Å². The van der Waals surface area contributed by atoms with Gasteiger partial charge in [-0.1, -0.05) is 71.6 Å². The molecule has 1 radical (unpaired) electrons. The summed E-state index contributed by atoms with van der Waals surface area (Å²) in [7, 11) is 0. The molecule has 0 spiro atoms. The van der Waals surface area contributed by atoms with Gasteiger partial charge in [0.15, 0.2) is 0 Å². The van der Waals surface area contributed by atoms with Gasteiger partial charge in [0, 0.05) is 12.8 Å². The van der Waals surface area contributed by atoms with Gasteiger partial charge in [0.05, 0.1) is 0 Å². The summed E-state index contributed by atoms with van der Waals surface area (Å²) in [6.45, 7) is 6.12. The summed E-state index contributed by atoms with van der Waals surface area (Å²) in [5.74, 6) is 6.60. The lowest BCUT2D eigenvalue weighted by Crippen LogP contribution is -1.78. The van der Waals surface area contributed by atoms with Crippen molar-refractivity contribution < 1.29 is 0 Å². The fraction of sp³-hybridized carbons (Fsp3) is 0.824. The third-order valence-corrected chi connectivity index (χ3v) is 3.08. The zero-order valence-electron chi connectivity index (χ0n) is 11.9. The number of unbranched alkanes of at least 4 members (excludes halogenated alkanes) is 11. The van der Waals surface area contributed by atoms with E-state index in [4.69, 9.17) is 0 Å². The maximum atomic E-state index is 3.85. The molecule has 0 aliphatic carbocycles. The van der Waals surface area contributed by atoms with Gasteiger partial charge in [0.1, 0.15) is 0 Å². The Bertz CT molecular complexity index is 182. The first-order valence-electron chi connectivity index (χ1n) is 7.66. The van der Waals surface area contributed by atoms with Gasteiger partial charge < -0.3 is 0 Å². The molecule has 0 aromatic heterocycles. The van der Waals surface area contributed by atoms with Gasteiger partial charge in [-0.05, 0) is 12.8 Å². The first kappa shape index (κ1) is 16.6. The quantitative estimate of drug-likeness (QED) is 0.308. The van der Waals surface area contributed by atoms with Crippen LogP contribution in [-0.2, 0) is 0 Å². The predicted octanol–water partition coefficient (Wildman–Crippen LogP) is 5.92. The van der Waals surface area contributed by atoms with Crippen LogP contribution in [0.3, 0.4) is 0 Å². The van der Waals surface area contributed by atoms with Crippen molar-refractivity contribution in [1.29, 1.82) is 0 Å². The van der Waals surface area contributed by atoms with Gasteiger partial charge in [-0.2, -0.15) is 0 Å². The molecule has 0 amide bonds. The fourth-order valence-corrected chi connectivity index (χ4v) is 1.91. The molecule has 0 heteroatoms. The van der Waals surface area contributed by atoms with E-state index in [1.165, 1.54) is 64.2 Å². The highest BCUT2D eigenvalue weighted by Crippen LogP contribution is 2.06. The molecule has 0 aromatic rings. The maximum Gasteiger partial charge on any atom is 0.00886 e. The number of hydrogen-bond donors (Lipinski definition) is 0. The van der Waals surface area contributed by atoms with Gasteiger partial charge in [0.2, 0.25) is 0 Å². The summed E-state index contributed by atoms with van der Waals surface area (Å²) in [5.41, 5.74) is 0. The first-order chi connectivity index (χ1) is 8.41. The molecule has 0 nitrogen and oxygen atoms in total. The Kier molecular flexibility index (Phi) is 15.2. The molecule has 0 unspecified atom stereocenters. The molecule has 0 fully saturated rings. The molecule has 99 valence electrons. The predicted molar refractivity (Wildman–Crippen MR) is 78.8 cm³/mol. The van der Waals surface area contributed by atoms with Crippen LogP contribution in [0.1, 0.15) is 90.4 Å². The SMILES string of the molecule is [CH2]CCCCCCC#CCCCCCCCC. The fourth-order valence-electron chi connectivity index (χ4n) is 1.91. The van der Waals surface area contributed by atoms with Gasteiger partial charge in [0.25, 0.3) is 0 Å². The largest absolute Gasteiger partial charge is 0.103 e. The van der Waals surface area contributed by atoms with E-state index in [2.05, 4.69) is 25.7 Å². The van der Waals surface area contributed by atoms with E-state index in [1.54, 1.807) is 0 Å². The zero-order chi connectivity index (χ0) is 12.6. The minimum Gasteiger partial charge on any atom is -0.103 e. The highest BCUT2D eigenvalue weighted by molar-refractivity contribution is 4.98. The van der Waals surface area contributed by atoms with Crippen molar-refractivity contribution in [3.8, 4) is 11.8 Å². The van der Waals surface area contributed by atoms with Crippen molar-refractivity contribution in [3.63, 3.8) is 0 Å². The summed E-state index contributed by atoms with van der Waals surface area (Å²) in [6.07, 6.45) is 16.8. The van der Waals surface area contributed by atoms with E-state index in [9.17, 15) is 0 Å². The van der Waals surface area contributed by atoms with Crippen LogP contribution in [0.4, 0.5) is 0 Å². The number of rotatable bonds is 11. The standard InChI is InChI=1S/C17H31/c1-3-5-7-9-11-13-15-17-16-14-12-10-8-6-4-2/h1,3-14,16H2,2H3. The van der Waals surface area contributed by atoms with Crippen LogP contribution in [0.5, 0.6) is 0 Å². The maximum absolute atomic E-state index is 3.85. The van der Waals surface area contributed by atoms with E-state index in [0.717, 1.165) is 19.3 Å². The monoisotopic (exact) mass is 235 g/mol. The lowest BCUT2D eigenvalue weighted by Gasteiger charge is -1.96. The molecule has 0 aliphatic rings. The van der Waals surface area contributed by atoms with E-state index in [1.807, 2.05) is 0 Å². The Morgan fingerprint density at radius 3 is 1.65 bits per heavy atom. The van der Waals surface area contributed by atoms with Crippen molar-refractivity contribution in [2.24, 2.45) is 0 Å². The Morgan fingerprint density at radius 1 is 0.647 bits per heavy atom. The lowest BCUT2D eigenvalue weighted by molar-refractivity contribution is 0.613. The topological polar surface area (TPSA) is 0 Å². The Hall–Kier alpha value is -0.440. The molecule has 0 saturated heterocycles. The summed E-state index contributed by atoms with van der Waals surface area (Å²) in [5, 5.41) is 0. The average molecular weight is 235 g/mol. The second kappa shape index (κ2) is 15.6. The first-order valence-corrected chi connectivity index (χ1v) is 7.66. The Balaban J connectivity index is 3.04. The van der Waals surface area contributed by atoms with Crippen molar-refractivity contribution in [2.75, 3.05) is 0 Å². The Labute approximate surface area is 110 Å². The second-order valence-electron chi connectivity index (χ2n) is 4.89. The smallest absolute Gasteiger partial charge is 0.00886 e. The lowest BCUT2D eigenvalue weighted by atomic mass is 10.1. The van der Waals surface area contributed by atoms with E-state index in [0.29, 0.717) is 0 Å². The van der Waals surface area contributed by atoms with Crippen LogP contribution in [-0.4, -0.2) is 0 Å². The third-order valence-electron chi connectivity index (χ3n) is 3.08. The minimum atomic E-state index is 1.09. The summed E-state index contributed by atoms with van der Waals surface area (Å²) in [6, 6.07) is 0. The van der Waals surface area contributed by atoms with Crippen LogP contribution in [0.25, 0.3) is 0 Å². The summed E-state index contributed by atoms with van der Waals surface area (Å²) in [4.78, 5) is 0. The van der Waals surface area contributed by atoms with Gasteiger partial charge >= 0.3 is 0 Å². The van der Waals surface area contributed by atoms with E-state index >= 15 is 0 Å². The zero-order valence-corrected chi connectivity index (χ0v) is 11.9. The molecule has 0 aliphatic heterocycles. The van der Waals surface area contributed by atoms with Crippen molar-refractivity contribution in [1.82, 2.24) is 0 Å². The molecule has 0 aromatic carbocycles. The Morgan fingerprint density at radius 2 is 1.12 bits per heavy atom. The number of hydrogen-bond acceptors (Lipinski definition) is 0. The van der Waals surface area contributed by atoms with Gasteiger partial charge in [-0.3, -0.25) is 0 Å². The molecule has 17 heavy (non-hydrogen) atoms. The molecular weight excluding hydrogens is 204 g/mol. The van der Waals surface area contributed by atoms with Crippen LogP contribution in [0.15, 0.2) is 0 Å². The second-order valence-corrected chi connectivity index (χ2v) is 4.89. The summed E-state index contributed by atoms with van der Waals surface area (Å²) >= 11 is 0. The van der Waals surface area contributed by atoms with Crippen LogP contribution >= 0.6 is 0 Å². The molecular formula is C17H31. The molecule has 0 rings (SSSR count). The molecule has 0 atom stereocenters. The normalized spacial score (nSPS) is 10.0. The van der Waals surface area contributed by atoms with Crippen LogP contribution in [0.2, 0.25) is 0 Å². The average Bonchev–Trinajstić information content (AvgIpc) is 2.35. The van der Waals surface area contributed by atoms with Crippen molar-refractivity contribution in [3.05, 3.63) is 6.92 Å². The highest BCUT2D eigenvalue weighted by Gasteiger charge is 1.88. The van der Waals surface area contributed by atoms with Gasteiger partial charge in [-0.15, -0.1) is 11.8 Å². The molecule has 0 N–H and O–H groups in total. The highest BCUT2D eigenvalue weighted by atomic mass is 13.9. The molecule has 0 saturated carbocycles. The van der Waals surface area contributed by atoms with Crippen LogP contribution < -0.4 is 0 Å². The van der Waals surface area contributed by atoms with Crippen molar-refractivity contribution in [2.45, 2.75) is 90.4 Å². The third kappa shape index (κ3) is 15.6. The van der Waals surface area contributed by atoms with Crippen molar-refractivity contribution >= 4 is 0 Å². The van der Waals surface area contributed by atoms with Gasteiger partial charge in [-0.25, -0.2) is 0 Å². The molecule has 0 heterocycles. The van der Waals surface area contributed by atoms with E-state index < -0.39 is 0 Å². The van der Waals surface area contributed by atoms with E-state index in [-0.39, 0.29) is 0 Å².